The fourth-order valence-electron chi connectivity index (χ4n) is 3.23. The van der Waals surface area contributed by atoms with Gasteiger partial charge in [-0.2, -0.15) is 0 Å². The Morgan fingerprint density at radius 1 is 1.26 bits per heavy atom. The third kappa shape index (κ3) is 8.81. The van der Waals surface area contributed by atoms with Crippen molar-refractivity contribution < 1.29 is 4.79 Å². The van der Waals surface area contributed by atoms with E-state index in [2.05, 4.69) is 50.9 Å². The molecule has 0 radical (unpaired) electrons. The van der Waals surface area contributed by atoms with E-state index in [0.29, 0.717) is 6.54 Å². The molecule has 1 fully saturated rings. The molecule has 7 heteroatoms. The largest absolute Gasteiger partial charge is 0.357 e. The maximum Gasteiger partial charge on any atom is 0.223 e. The van der Waals surface area contributed by atoms with E-state index in [1.54, 1.807) is 0 Å². The van der Waals surface area contributed by atoms with E-state index in [1.165, 1.54) is 5.56 Å². The van der Waals surface area contributed by atoms with Crippen LogP contribution in [-0.4, -0.2) is 30.5 Å². The van der Waals surface area contributed by atoms with Gasteiger partial charge in [-0.3, -0.25) is 4.79 Å². The molecule has 5 nitrogen and oxygen atoms in total. The highest BCUT2D eigenvalue weighted by Gasteiger charge is 2.27. The van der Waals surface area contributed by atoms with Gasteiger partial charge in [0.15, 0.2) is 5.96 Å². The van der Waals surface area contributed by atoms with Gasteiger partial charge >= 0.3 is 0 Å². The molecule has 1 aromatic carbocycles. The standard InChI is InChI=1S/C20H31BrN4O.HI/c1-4-22-20(23-13-15-8-10-17(21)11-9-15)25-18-7-5-6-16(12-18)19(26)24-14(2)3;/h8-11,14,16,18H,4-7,12-13H2,1-3H3,(H,24,26)(H2,22,23,25);1H. The van der Waals surface area contributed by atoms with Gasteiger partial charge in [0.2, 0.25) is 5.91 Å². The number of amides is 1. The van der Waals surface area contributed by atoms with Crippen molar-refractivity contribution in [1.82, 2.24) is 16.0 Å². The van der Waals surface area contributed by atoms with E-state index in [0.717, 1.165) is 42.7 Å². The molecule has 0 spiro atoms. The highest BCUT2D eigenvalue weighted by molar-refractivity contribution is 14.0. The van der Waals surface area contributed by atoms with Crippen molar-refractivity contribution in [2.75, 3.05) is 6.54 Å². The van der Waals surface area contributed by atoms with Gasteiger partial charge < -0.3 is 16.0 Å². The first kappa shape index (κ1) is 24.2. The van der Waals surface area contributed by atoms with Crippen LogP contribution in [-0.2, 0) is 11.3 Å². The van der Waals surface area contributed by atoms with Crippen LogP contribution in [0.2, 0.25) is 0 Å². The second-order valence-corrected chi connectivity index (χ2v) is 8.11. The number of carbonyl (C=O) groups excluding carboxylic acids is 1. The molecule has 2 atom stereocenters. The fourth-order valence-corrected chi connectivity index (χ4v) is 3.50. The number of aliphatic imine (C=N–C) groups is 1. The molecule has 3 N–H and O–H groups in total. The van der Waals surface area contributed by atoms with E-state index in [9.17, 15) is 4.79 Å². The lowest BCUT2D eigenvalue weighted by Gasteiger charge is -2.30. The Hall–Kier alpha value is -0.830. The molecular formula is C20H32BrIN4O. The summed E-state index contributed by atoms with van der Waals surface area (Å²) in [7, 11) is 0. The van der Waals surface area contributed by atoms with E-state index in [1.807, 2.05) is 26.0 Å². The lowest BCUT2D eigenvalue weighted by molar-refractivity contribution is -0.126. The number of carbonyl (C=O) groups is 1. The predicted octanol–water partition coefficient (Wildman–Crippen LogP) is 4.21. The molecule has 0 saturated heterocycles. The van der Waals surface area contributed by atoms with Crippen LogP contribution in [0, 0.1) is 5.92 Å². The normalized spacial score (nSPS) is 20.0. The Morgan fingerprint density at radius 3 is 2.59 bits per heavy atom. The maximum atomic E-state index is 12.3. The van der Waals surface area contributed by atoms with Gasteiger partial charge in [-0.25, -0.2) is 4.99 Å². The molecule has 1 aliphatic rings. The summed E-state index contributed by atoms with van der Waals surface area (Å²) in [5.74, 6) is 1.10. The molecule has 152 valence electrons. The van der Waals surface area contributed by atoms with Gasteiger partial charge in [0.05, 0.1) is 6.54 Å². The minimum Gasteiger partial charge on any atom is -0.357 e. The Kier molecular flexibility index (Phi) is 11.3. The number of guanidine groups is 1. The Morgan fingerprint density at radius 2 is 1.96 bits per heavy atom. The smallest absolute Gasteiger partial charge is 0.223 e. The van der Waals surface area contributed by atoms with Crippen molar-refractivity contribution >= 4 is 51.8 Å². The van der Waals surface area contributed by atoms with Crippen molar-refractivity contribution in [1.29, 1.82) is 0 Å². The molecule has 1 saturated carbocycles. The van der Waals surface area contributed by atoms with Gasteiger partial charge in [0.1, 0.15) is 0 Å². The Labute approximate surface area is 188 Å². The van der Waals surface area contributed by atoms with Crippen LogP contribution in [0.5, 0.6) is 0 Å². The zero-order valence-electron chi connectivity index (χ0n) is 16.4. The SMILES string of the molecule is CCNC(=NCc1ccc(Br)cc1)NC1CCCC(C(=O)NC(C)C)C1.I. The van der Waals surface area contributed by atoms with Gasteiger partial charge in [-0.15, -0.1) is 24.0 Å². The zero-order valence-corrected chi connectivity index (χ0v) is 20.3. The van der Waals surface area contributed by atoms with Crippen molar-refractivity contribution in [2.45, 2.75) is 65.1 Å². The third-order valence-corrected chi connectivity index (χ3v) is 5.02. The Balaban J connectivity index is 0.00000364. The first-order valence-electron chi connectivity index (χ1n) is 9.57. The second-order valence-electron chi connectivity index (χ2n) is 7.19. The Bertz CT molecular complexity index is 607. The van der Waals surface area contributed by atoms with Crippen LogP contribution >= 0.6 is 39.9 Å². The van der Waals surface area contributed by atoms with Crippen molar-refractivity contribution in [3.05, 3.63) is 34.3 Å². The van der Waals surface area contributed by atoms with Crippen LogP contribution < -0.4 is 16.0 Å². The minimum absolute atomic E-state index is 0. The average Bonchev–Trinajstić information content (AvgIpc) is 2.61. The average molecular weight is 551 g/mol. The van der Waals surface area contributed by atoms with Crippen molar-refractivity contribution in [3.8, 4) is 0 Å². The van der Waals surface area contributed by atoms with E-state index in [4.69, 9.17) is 4.99 Å². The first-order valence-corrected chi connectivity index (χ1v) is 10.4. The predicted molar refractivity (Wildman–Crippen MR) is 127 cm³/mol. The maximum absolute atomic E-state index is 12.3. The van der Waals surface area contributed by atoms with Gasteiger partial charge in [0.25, 0.3) is 0 Å². The van der Waals surface area contributed by atoms with Crippen LogP contribution in [0.25, 0.3) is 0 Å². The molecule has 2 unspecified atom stereocenters. The molecule has 1 aliphatic carbocycles. The molecule has 0 heterocycles. The summed E-state index contributed by atoms with van der Waals surface area (Å²) in [5, 5.41) is 9.89. The van der Waals surface area contributed by atoms with E-state index >= 15 is 0 Å². The van der Waals surface area contributed by atoms with Crippen molar-refractivity contribution in [3.63, 3.8) is 0 Å². The van der Waals surface area contributed by atoms with Crippen molar-refractivity contribution in [2.24, 2.45) is 10.9 Å². The van der Waals surface area contributed by atoms with Crippen LogP contribution in [0.3, 0.4) is 0 Å². The molecule has 27 heavy (non-hydrogen) atoms. The summed E-state index contributed by atoms with van der Waals surface area (Å²) in [6.07, 6.45) is 3.98. The summed E-state index contributed by atoms with van der Waals surface area (Å²) in [5.41, 5.74) is 1.17. The van der Waals surface area contributed by atoms with E-state index < -0.39 is 0 Å². The summed E-state index contributed by atoms with van der Waals surface area (Å²) in [4.78, 5) is 17.0. The highest BCUT2D eigenvalue weighted by Crippen LogP contribution is 2.24. The van der Waals surface area contributed by atoms with Gasteiger partial charge in [-0.05, 0) is 57.7 Å². The van der Waals surface area contributed by atoms with Gasteiger partial charge in [-0.1, -0.05) is 34.5 Å². The van der Waals surface area contributed by atoms with Crippen LogP contribution in [0.4, 0.5) is 0 Å². The quantitative estimate of drug-likeness (QED) is 0.282. The third-order valence-electron chi connectivity index (χ3n) is 4.49. The lowest BCUT2D eigenvalue weighted by atomic mass is 9.85. The number of benzene rings is 1. The molecule has 1 amide bonds. The molecule has 1 aromatic rings. The molecule has 2 rings (SSSR count). The molecule has 0 aromatic heterocycles. The van der Waals surface area contributed by atoms with E-state index in [-0.39, 0.29) is 47.9 Å². The minimum atomic E-state index is 0. The first-order chi connectivity index (χ1) is 12.5. The fraction of sp³-hybridized carbons (Fsp3) is 0.600. The van der Waals surface area contributed by atoms with Gasteiger partial charge in [0, 0.05) is 29.0 Å². The number of nitrogens with zero attached hydrogens (tertiary/aromatic N) is 1. The topological polar surface area (TPSA) is 65.5 Å². The summed E-state index contributed by atoms with van der Waals surface area (Å²) in [6, 6.07) is 8.69. The number of hydrogen-bond acceptors (Lipinski definition) is 2. The number of rotatable bonds is 6. The molecule has 0 aliphatic heterocycles. The summed E-state index contributed by atoms with van der Waals surface area (Å²) >= 11 is 3.45. The zero-order chi connectivity index (χ0) is 18.9. The highest BCUT2D eigenvalue weighted by atomic mass is 127. The number of nitrogens with one attached hydrogen (secondary N) is 3. The van der Waals surface area contributed by atoms with Crippen LogP contribution in [0.15, 0.2) is 33.7 Å². The molecular weight excluding hydrogens is 519 g/mol. The summed E-state index contributed by atoms with van der Waals surface area (Å²) in [6.45, 7) is 7.53. The monoisotopic (exact) mass is 550 g/mol. The van der Waals surface area contributed by atoms with Crippen LogP contribution in [0.1, 0.15) is 52.0 Å². The molecule has 0 bridgehead atoms. The lowest BCUT2D eigenvalue weighted by Crippen LogP contribution is -2.47. The summed E-state index contributed by atoms with van der Waals surface area (Å²) < 4.78 is 1.07. The number of hydrogen-bond donors (Lipinski definition) is 3. The number of halogens is 2. The second kappa shape index (κ2) is 12.6.